The van der Waals surface area contributed by atoms with Crippen molar-refractivity contribution in [2.24, 2.45) is 5.92 Å². The van der Waals surface area contributed by atoms with Gasteiger partial charge < -0.3 is 9.47 Å². The molecule has 1 saturated heterocycles. The fourth-order valence-corrected chi connectivity index (χ4v) is 1.28. The van der Waals surface area contributed by atoms with Crippen LogP contribution in [0.2, 0.25) is 0 Å². The van der Waals surface area contributed by atoms with E-state index in [-0.39, 0.29) is 6.29 Å². The van der Waals surface area contributed by atoms with E-state index in [1.54, 1.807) is 0 Å². The molecule has 1 heterocycles. The molecule has 1 atom stereocenters. The zero-order chi connectivity index (χ0) is 6.10. The van der Waals surface area contributed by atoms with Gasteiger partial charge in [0.15, 0.2) is 13.1 Å². The Labute approximate surface area is 54.5 Å². The van der Waals surface area contributed by atoms with E-state index < -0.39 is 0 Å². The van der Waals surface area contributed by atoms with Gasteiger partial charge >= 0.3 is 0 Å². The first kappa shape index (κ1) is 5.45. The summed E-state index contributed by atoms with van der Waals surface area (Å²) in [7, 11) is 0. The lowest BCUT2D eigenvalue weighted by Gasteiger charge is -2.30. The average molecular weight is 126 g/mol. The highest BCUT2D eigenvalue weighted by molar-refractivity contribution is 4.98. The maximum absolute atomic E-state index is 5.14. The van der Waals surface area contributed by atoms with Gasteiger partial charge in [-0.25, -0.2) is 0 Å². The highest BCUT2D eigenvalue weighted by Crippen LogP contribution is 2.27. The second-order valence-corrected chi connectivity index (χ2v) is 2.49. The molecule has 0 aromatic heterocycles. The third-order valence-electron chi connectivity index (χ3n) is 1.86. The van der Waals surface area contributed by atoms with Gasteiger partial charge in [0.25, 0.3) is 0 Å². The Morgan fingerprint density at radius 1 is 1.33 bits per heavy atom. The Hall–Kier alpha value is -0.340. The normalized spacial score (nSPS) is 34.9. The summed E-state index contributed by atoms with van der Waals surface area (Å²) in [5.74, 6) is 0.541. The molecule has 2 rings (SSSR count). The van der Waals surface area contributed by atoms with Crippen molar-refractivity contribution in [1.29, 1.82) is 0 Å². The Morgan fingerprint density at radius 3 is 2.67 bits per heavy atom. The molecule has 0 bridgehead atoms. The van der Waals surface area contributed by atoms with Crippen LogP contribution in [0.3, 0.4) is 0 Å². The Morgan fingerprint density at radius 2 is 2.22 bits per heavy atom. The van der Waals surface area contributed by atoms with Crippen LogP contribution in [0.25, 0.3) is 0 Å². The van der Waals surface area contributed by atoms with Crippen LogP contribution in [0.1, 0.15) is 12.8 Å². The highest BCUT2D eigenvalue weighted by atomic mass is 16.8. The van der Waals surface area contributed by atoms with Crippen molar-refractivity contribution in [3.05, 3.63) is 12.2 Å². The Balaban J connectivity index is 1.89. The zero-order valence-electron chi connectivity index (χ0n) is 5.25. The van der Waals surface area contributed by atoms with E-state index in [4.69, 9.17) is 9.47 Å². The van der Waals surface area contributed by atoms with Crippen LogP contribution in [0.4, 0.5) is 0 Å². The summed E-state index contributed by atoms with van der Waals surface area (Å²) < 4.78 is 10.3. The van der Waals surface area contributed by atoms with Gasteiger partial charge in [0.2, 0.25) is 0 Å². The van der Waals surface area contributed by atoms with Gasteiger partial charge in [-0.15, -0.1) is 0 Å². The van der Waals surface area contributed by atoms with E-state index in [0.29, 0.717) is 12.7 Å². The monoisotopic (exact) mass is 126 g/mol. The Bertz CT molecular complexity index is 127. The first-order valence-electron chi connectivity index (χ1n) is 3.37. The first-order chi connectivity index (χ1) is 4.47. The quantitative estimate of drug-likeness (QED) is 0.493. The predicted octanol–water partition coefficient (Wildman–Crippen LogP) is 1.28. The smallest absolute Gasteiger partial charge is 0.169 e. The van der Waals surface area contributed by atoms with Crippen LogP contribution < -0.4 is 0 Å². The van der Waals surface area contributed by atoms with E-state index in [2.05, 4.69) is 12.2 Å². The third-order valence-corrected chi connectivity index (χ3v) is 1.86. The highest BCUT2D eigenvalue weighted by Gasteiger charge is 2.28. The predicted molar refractivity (Wildman–Crippen MR) is 32.7 cm³/mol. The van der Waals surface area contributed by atoms with Crippen LogP contribution in [-0.4, -0.2) is 13.1 Å². The summed E-state index contributed by atoms with van der Waals surface area (Å²) in [6.07, 6.45) is 6.85. The zero-order valence-corrected chi connectivity index (χ0v) is 5.25. The summed E-state index contributed by atoms with van der Waals surface area (Å²) in [6.45, 7) is 0.495. The molecule has 0 spiro atoms. The van der Waals surface area contributed by atoms with E-state index in [1.165, 1.54) is 12.8 Å². The summed E-state index contributed by atoms with van der Waals surface area (Å²) in [4.78, 5) is 0. The molecule has 1 unspecified atom stereocenters. The number of hydrogen-bond donors (Lipinski definition) is 0. The molecule has 50 valence electrons. The third kappa shape index (κ3) is 0.884. The SMILES string of the molecule is C1=CC(C2OCO2)CC1. The van der Waals surface area contributed by atoms with Crippen molar-refractivity contribution >= 4 is 0 Å². The van der Waals surface area contributed by atoms with Crippen molar-refractivity contribution in [3.63, 3.8) is 0 Å². The molecule has 0 N–H and O–H groups in total. The van der Waals surface area contributed by atoms with E-state index in [9.17, 15) is 0 Å². The standard InChI is InChI=1S/C7H10O2/c1-2-4-6(3-1)7-8-5-9-7/h1,3,6-7H,2,4-5H2. The van der Waals surface area contributed by atoms with Crippen molar-refractivity contribution in [2.75, 3.05) is 6.79 Å². The van der Waals surface area contributed by atoms with Crippen LogP contribution in [0, 0.1) is 5.92 Å². The molecule has 2 heteroatoms. The van der Waals surface area contributed by atoms with Crippen molar-refractivity contribution < 1.29 is 9.47 Å². The second kappa shape index (κ2) is 2.12. The molecule has 0 aromatic rings. The summed E-state index contributed by atoms with van der Waals surface area (Å²) in [5.41, 5.74) is 0. The average Bonchev–Trinajstić information content (AvgIpc) is 2.11. The number of ether oxygens (including phenoxy) is 2. The van der Waals surface area contributed by atoms with Gasteiger partial charge in [0.05, 0.1) is 0 Å². The first-order valence-corrected chi connectivity index (χ1v) is 3.37. The summed E-state index contributed by atoms with van der Waals surface area (Å²) in [5, 5.41) is 0. The molecule has 1 fully saturated rings. The van der Waals surface area contributed by atoms with E-state index >= 15 is 0 Å². The molecule has 9 heavy (non-hydrogen) atoms. The second-order valence-electron chi connectivity index (χ2n) is 2.49. The van der Waals surface area contributed by atoms with Gasteiger partial charge in [-0.2, -0.15) is 0 Å². The van der Waals surface area contributed by atoms with Gasteiger partial charge in [-0.3, -0.25) is 0 Å². The fraction of sp³-hybridized carbons (Fsp3) is 0.714. The van der Waals surface area contributed by atoms with Gasteiger partial charge in [-0.1, -0.05) is 12.2 Å². The number of allylic oxidation sites excluding steroid dienone is 1. The molecule has 0 saturated carbocycles. The summed E-state index contributed by atoms with van der Waals surface area (Å²) in [6, 6.07) is 0. The minimum absolute atomic E-state index is 0.0868. The minimum Gasteiger partial charge on any atom is -0.326 e. The van der Waals surface area contributed by atoms with Crippen LogP contribution in [0.5, 0.6) is 0 Å². The molecule has 0 amide bonds. The van der Waals surface area contributed by atoms with E-state index in [1.807, 2.05) is 0 Å². The van der Waals surface area contributed by atoms with E-state index in [0.717, 1.165) is 0 Å². The van der Waals surface area contributed by atoms with Gasteiger partial charge in [-0.05, 0) is 12.8 Å². The molecule has 1 aliphatic heterocycles. The van der Waals surface area contributed by atoms with Crippen molar-refractivity contribution in [3.8, 4) is 0 Å². The minimum atomic E-state index is 0.0868. The molecular weight excluding hydrogens is 116 g/mol. The topological polar surface area (TPSA) is 18.5 Å². The van der Waals surface area contributed by atoms with Crippen LogP contribution in [-0.2, 0) is 9.47 Å². The number of rotatable bonds is 1. The lowest BCUT2D eigenvalue weighted by molar-refractivity contribution is -0.334. The summed E-state index contributed by atoms with van der Waals surface area (Å²) >= 11 is 0. The molecule has 2 nitrogen and oxygen atoms in total. The molecule has 0 radical (unpaired) electrons. The number of hydrogen-bond acceptors (Lipinski definition) is 2. The van der Waals surface area contributed by atoms with Crippen LogP contribution in [0.15, 0.2) is 12.2 Å². The van der Waals surface area contributed by atoms with Gasteiger partial charge in [0, 0.05) is 5.92 Å². The molecular formula is C7H10O2. The lowest BCUT2D eigenvalue weighted by Crippen LogP contribution is -2.35. The van der Waals surface area contributed by atoms with Crippen molar-refractivity contribution in [1.82, 2.24) is 0 Å². The largest absolute Gasteiger partial charge is 0.326 e. The van der Waals surface area contributed by atoms with Crippen molar-refractivity contribution in [2.45, 2.75) is 19.1 Å². The Kier molecular flexibility index (Phi) is 1.28. The maximum Gasteiger partial charge on any atom is 0.169 e. The maximum atomic E-state index is 5.14. The lowest BCUT2D eigenvalue weighted by atomic mass is 10.1. The molecule has 0 aromatic carbocycles. The molecule has 2 aliphatic rings. The molecule has 1 aliphatic carbocycles. The van der Waals surface area contributed by atoms with Crippen LogP contribution >= 0.6 is 0 Å². The van der Waals surface area contributed by atoms with Gasteiger partial charge in [0.1, 0.15) is 0 Å². The fourth-order valence-electron chi connectivity index (χ4n) is 1.28.